The maximum absolute atomic E-state index is 12.0. The molecule has 0 heterocycles. The first-order valence-electron chi connectivity index (χ1n) is 7.46. The molecule has 128 valence electrons. The summed E-state index contributed by atoms with van der Waals surface area (Å²) >= 11 is 4.81. The molecule has 1 rings (SSSR count). The van der Waals surface area contributed by atoms with Gasteiger partial charge in [0.15, 0.2) is 18.1 Å². The molecule has 7 heteroatoms. The lowest BCUT2D eigenvalue weighted by atomic mass is 10.1. The SMILES string of the molecule is CCN(CC)C(=O)COc1ccc(/C=C(\C#N)C(N)=S)cc1OC. The first kappa shape index (κ1) is 19.5. The van der Waals surface area contributed by atoms with E-state index < -0.39 is 0 Å². The Labute approximate surface area is 147 Å². The van der Waals surface area contributed by atoms with Crippen LogP contribution in [0.1, 0.15) is 19.4 Å². The van der Waals surface area contributed by atoms with Crippen LogP contribution in [0.5, 0.6) is 11.5 Å². The maximum Gasteiger partial charge on any atom is 0.260 e. The van der Waals surface area contributed by atoms with Crippen molar-refractivity contribution in [3.63, 3.8) is 0 Å². The van der Waals surface area contributed by atoms with Gasteiger partial charge in [0.25, 0.3) is 5.91 Å². The number of benzene rings is 1. The van der Waals surface area contributed by atoms with E-state index in [1.807, 2.05) is 19.9 Å². The number of rotatable bonds is 8. The molecule has 0 saturated heterocycles. The Morgan fingerprint density at radius 3 is 2.54 bits per heavy atom. The van der Waals surface area contributed by atoms with Gasteiger partial charge in [0.1, 0.15) is 11.1 Å². The van der Waals surface area contributed by atoms with Gasteiger partial charge in [0.05, 0.1) is 12.7 Å². The van der Waals surface area contributed by atoms with Gasteiger partial charge < -0.3 is 20.1 Å². The largest absolute Gasteiger partial charge is 0.493 e. The summed E-state index contributed by atoms with van der Waals surface area (Å²) in [7, 11) is 1.50. The Morgan fingerprint density at radius 1 is 1.38 bits per heavy atom. The van der Waals surface area contributed by atoms with Crippen LogP contribution in [0.15, 0.2) is 23.8 Å². The molecule has 24 heavy (non-hydrogen) atoms. The minimum absolute atomic E-state index is 0.0293. The standard InChI is InChI=1S/C17H21N3O3S/c1-4-20(5-2)16(21)11-23-14-7-6-12(9-15(14)22-3)8-13(10-18)17(19)24/h6-9H,4-5,11H2,1-3H3,(H2,19,24)/b13-8+. The highest BCUT2D eigenvalue weighted by Crippen LogP contribution is 2.29. The van der Waals surface area contributed by atoms with Crippen molar-refractivity contribution in [3.8, 4) is 17.6 Å². The number of nitrogens with zero attached hydrogens (tertiary/aromatic N) is 2. The fourth-order valence-corrected chi connectivity index (χ4v) is 2.13. The number of likely N-dealkylation sites (N-methyl/N-ethyl adjacent to an activating group) is 1. The first-order chi connectivity index (χ1) is 11.5. The normalized spacial score (nSPS) is 10.7. The third-order valence-electron chi connectivity index (χ3n) is 3.35. The van der Waals surface area contributed by atoms with Crippen LogP contribution in [0.25, 0.3) is 6.08 Å². The lowest BCUT2D eigenvalue weighted by Crippen LogP contribution is -2.34. The molecule has 0 atom stereocenters. The van der Waals surface area contributed by atoms with Crippen LogP contribution in [-0.2, 0) is 4.79 Å². The van der Waals surface area contributed by atoms with E-state index in [-0.39, 0.29) is 23.1 Å². The zero-order chi connectivity index (χ0) is 18.1. The minimum Gasteiger partial charge on any atom is -0.493 e. The van der Waals surface area contributed by atoms with Gasteiger partial charge in [0, 0.05) is 13.1 Å². The average molecular weight is 347 g/mol. The van der Waals surface area contributed by atoms with Crippen molar-refractivity contribution in [2.75, 3.05) is 26.8 Å². The van der Waals surface area contributed by atoms with Crippen molar-refractivity contribution in [1.82, 2.24) is 4.90 Å². The molecule has 2 N–H and O–H groups in total. The van der Waals surface area contributed by atoms with Crippen molar-refractivity contribution in [2.45, 2.75) is 13.8 Å². The number of hydrogen-bond acceptors (Lipinski definition) is 5. The summed E-state index contributed by atoms with van der Waals surface area (Å²) in [6.45, 7) is 5.03. The second-order valence-corrected chi connectivity index (χ2v) is 5.24. The highest BCUT2D eigenvalue weighted by Gasteiger charge is 2.12. The lowest BCUT2D eigenvalue weighted by Gasteiger charge is -2.19. The van der Waals surface area contributed by atoms with Crippen molar-refractivity contribution >= 4 is 29.2 Å². The van der Waals surface area contributed by atoms with Crippen LogP contribution in [0.4, 0.5) is 0 Å². The molecule has 0 aromatic heterocycles. The van der Waals surface area contributed by atoms with Gasteiger partial charge in [-0.05, 0) is 37.6 Å². The number of nitrogens with two attached hydrogens (primary N) is 1. The second-order valence-electron chi connectivity index (χ2n) is 4.80. The van der Waals surface area contributed by atoms with E-state index in [1.54, 1.807) is 29.2 Å². The predicted octanol–water partition coefficient (Wildman–Crippen LogP) is 2.14. The molecular weight excluding hydrogens is 326 g/mol. The molecule has 0 bridgehead atoms. The van der Waals surface area contributed by atoms with Crippen LogP contribution in [0.3, 0.4) is 0 Å². The third kappa shape index (κ3) is 5.25. The summed E-state index contributed by atoms with van der Waals surface area (Å²) in [6, 6.07) is 7.03. The summed E-state index contributed by atoms with van der Waals surface area (Å²) < 4.78 is 10.8. The molecule has 0 aliphatic heterocycles. The number of hydrogen-bond donors (Lipinski definition) is 1. The second kappa shape index (κ2) is 9.53. The molecule has 0 saturated carbocycles. The van der Waals surface area contributed by atoms with Gasteiger partial charge in [-0.2, -0.15) is 5.26 Å². The number of thiocarbonyl (C=S) groups is 1. The maximum atomic E-state index is 12.0. The van der Waals surface area contributed by atoms with Gasteiger partial charge in [-0.25, -0.2) is 0 Å². The number of nitriles is 1. The fourth-order valence-electron chi connectivity index (χ4n) is 2.03. The summed E-state index contributed by atoms with van der Waals surface area (Å²) in [6.07, 6.45) is 1.57. The van der Waals surface area contributed by atoms with E-state index in [9.17, 15) is 4.79 Å². The summed E-state index contributed by atoms with van der Waals surface area (Å²) in [4.78, 5) is 13.7. The van der Waals surface area contributed by atoms with Gasteiger partial charge in [-0.15, -0.1) is 0 Å². The summed E-state index contributed by atoms with van der Waals surface area (Å²) in [5, 5.41) is 9.00. The molecule has 0 unspecified atom stereocenters. The van der Waals surface area contributed by atoms with Crippen LogP contribution < -0.4 is 15.2 Å². The topological polar surface area (TPSA) is 88.6 Å². The highest BCUT2D eigenvalue weighted by molar-refractivity contribution is 7.80. The molecule has 0 aliphatic rings. The molecule has 0 fully saturated rings. The van der Waals surface area contributed by atoms with E-state index in [0.29, 0.717) is 30.2 Å². The van der Waals surface area contributed by atoms with Crippen molar-refractivity contribution in [3.05, 3.63) is 29.3 Å². The molecule has 1 aromatic carbocycles. The molecule has 0 aliphatic carbocycles. The van der Waals surface area contributed by atoms with E-state index in [1.165, 1.54) is 7.11 Å². The zero-order valence-corrected chi connectivity index (χ0v) is 14.9. The van der Waals surface area contributed by atoms with E-state index in [4.69, 9.17) is 32.7 Å². The van der Waals surface area contributed by atoms with Crippen LogP contribution in [0.2, 0.25) is 0 Å². The fraction of sp³-hybridized carbons (Fsp3) is 0.353. The quantitative estimate of drug-likeness (QED) is 0.440. The predicted molar refractivity (Wildman–Crippen MR) is 96.8 cm³/mol. The highest BCUT2D eigenvalue weighted by atomic mass is 32.1. The van der Waals surface area contributed by atoms with Crippen molar-refractivity contribution in [2.24, 2.45) is 5.73 Å². The Kier molecular flexibility index (Phi) is 7.72. The zero-order valence-electron chi connectivity index (χ0n) is 14.0. The summed E-state index contributed by atoms with van der Waals surface area (Å²) in [5.74, 6) is 0.812. The van der Waals surface area contributed by atoms with E-state index in [2.05, 4.69) is 0 Å². The smallest absolute Gasteiger partial charge is 0.260 e. The average Bonchev–Trinajstić information content (AvgIpc) is 2.58. The molecule has 0 spiro atoms. The molecule has 6 nitrogen and oxygen atoms in total. The van der Waals surface area contributed by atoms with Gasteiger partial charge in [-0.1, -0.05) is 18.3 Å². The van der Waals surface area contributed by atoms with Crippen LogP contribution >= 0.6 is 12.2 Å². The number of amides is 1. The third-order valence-corrected chi connectivity index (χ3v) is 3.57. The van der Waals surface area contributed by atoms with Crippen LogP contribution in [-0.4, -0.2) is 42.6 Å². The van der Waals surface area contributed by atoms with Crippen molar-refractivity contribution < 1.29 is 14.3 Å². The number of ether oxygens (including phenoxy) is 2. The van der Waals surface area contributed by atoms with E-state index >= 15 is 0 Å². The van der Waals surface area contributed by atoms with Gasteiger partial charge >= 0.3 is 0 Å². The first-order valence-corrected chi connectivity index (χ1v) is 7.87. The Balaban J connectivity index is 2.94. The number of methoxy groups -OCH3 is 1. The molecule has 1 aromatic rings. The number of carbonyl (C=O) groups excluding carboxylic acids is 1. The lowest BCUT2D eigenvalue weighted by molar-refractivity contribution is -0.132. The molecular formula is C17H21N3O3S. The Bertz CT molecular complexity index is 676. The van der Waals surface area contributed by atoms with Gasteiger partial charge in [-0.3, -0.25) is 4.79 Å². The molecule has 0 radical (unpaired) electrons. The minimum atomic E-state index is -0.0914. The Hall–Kier alpha value is -2.59. The van der Waals surface area contributed by atoms with Gasteiger partial charge in [0.2, 0.25) is 0 Å². The summed E-state index contributed by atoms with van der Waals surface area (Å²) in [5.41, 5.74) is 6.37. The number of carbonyl (C=O) groups is 1. The molecule has 1 amide bonds. The Morgan fingerprint density at radius 2 is 2.04 bits per heavy atom. The van der Waals surface area contributed by atoms with Crippen molar-refractivity contribution in [1.29, 1.82) is 5.26 Å². The monoisotopic (exact) mass is 347 g/mol. The van der Waals surface area contributed by atoms with E-state index in [0.717, 1.165) is 0 Å². The van der Waals surface area contributed by atoms with Crippen LogP contribution in [0, 0.1) is 11.3 Å².